The van der Waals surface area contributed by atoms with Crippen molar-refractivity contribution in [3.8, 4) is 0 Å². The molecule has 1 N–H and O–H groups in total. The molecule has 0 bridgehead atoms. The highest BCUT2D eigenvalue weighted by Gasteiger charge is 2.22. The Kier molecular flexibility index (Phi) is 5.33. The van der Waals surface area contributed by atoms with Crippen molar-refractivity contribution in [3.05, 3.63) is 58.9 Å². The number of anilines is 1. The first-order valence-corrected chi connectivity index (χ1v) is 8.34. The van der Waals surface area contributed by atoms with Crippen LogP contribution in [-0.4, -0.2) is 41.6 Å². The smallest absolute Gasteiger partial charge is 0.254 e. The second kappa shape index (κ2) is 7.64. The number of nitrogens with one attached hydrogen (secondary N) is 1. The number of benzene rings is 1. The normalized spacial score (nSPS) is 17.6. The van der Waals surface area contributed by atoms with E-state index in [0.717, 1.165) is 11.3 Å². The molecule has 1 atom stereocenters. The van der Waals surface area contributed by atoms with Gasteiger partial charge in [0.15, 0.2) is 0 Å². The van der Waals surface area contributed by atoms with Gasteiger partial charge in [-0.15, -0.1) is 0 Å². The molecule has 0 unspecified atom stereocenters. The van der Waals surface area contributed by atoms with E-state index in [9.17, 15) is 4.79 Å². The lowest BCUT2D eigenvalue weighted by molar-refractivity contribution is -0.0124. The SMILES string of the molecule is C[C@@H]1CN(C(=O)c2cccc(CNc3ccncc3Cl)c2)CCO1. The first kappa shape index (κ1) is 16.7. The van der Waals surface area contributed by atoms with E-state index in [1.165, 1.54) is 0 Å². The van der Waals surface area contributed by atoms with Gasteiger partial charge >= 0.3 is 0 Å². The van der Waals surface area contributed by atoms with Crippen molar-refractivity contribution in [1.29, 1.82) is 0 Å². The van der Waals surface area contributed by atoms with Crippen molar-refractivity contribution in [1.82, 2.24) is 9.88 Å². The molecular formula is C18H20ClN3O2. The van der Waals surface area contributed by atoms with Crippen LogP contribution in [0.2, 0.25) is 5.02 Å². The third-order valence-electron chi connectivity index (χ3n) is 3.96. The number of amides is 1. The van der Waals surface area contributed by atoms with Gasteiger partial charge < -0.3 is 15.0 Å². The molecule has 1 aromatic heterocycles. The molecule has 0 radical (unpaired) electrons. The van der Waals surface area contributed by atoms with Crippen LogP contribution < -0.4 is 5.32 Å². The molecule has 0 aliphatic carbocycles. The summed E-state index contributed by atoms with van der Waals surface area (Å²) in [4.78, 5) is 18.5. The number of ether oxygens (including phenoxy) is 1. The number of hydrogen-bond acceptors (Lipinski definition) is 4. The number of halogens is 1. The lowest BCUT2D eigenvalue weighted by Crippen LogP contribution is -2.44. The third-order valence-corrected chi connectivity index (χ3v) is 4.26. The largest absolute Gasteiger partial charge is 0.380 e. The van der Waals surface area contributed by atoms with Gasteiger partial charge in [0.05, 0.1) is 23.4 Å². The average molecular weight is 346 g/mol. The van der Waals surface area contributed by atoms with Crippen LogP contribution in [0.25, 0.3) is 0 Å². The number of morpholine rings is 1. The highest BCUT2D eigenvalue weighted by molar-refractivity contribution is 6.33. The van der Waals surface area contributed by atoms with Gasteiger partial charge in [0, 0.05) is 37.6 Å². The summed E-state index contributed by atoms with van der Waals surface area (Å²) in [6.45, 7) is 4.43. The monoisotopic (exact) mass is 345 g/mol. The van der Waals surface area contributed by atoms with Gasteiger partial charge in [-0.05, 0) is 30.7 Å². The van der Waals surface area contributed by atoms with Crippen LogP contribution in [0.1, 0.15) is 22.8 Å². The summed E-state index contributed by atoms with van der Waals surface area (Å²) in [5.41, 5.74) is 2.55. The molecule has 2 aromatic rings. The summed E-state index contributed by atoms with van der Waals surface area (Å²) >= 11 is 6.09. The number of pyridine rings is 1. The van der Waals surface area contributed by atoms with Crippen LogP contribution in [0.15, 0.2) is 42.7 Å². The number of carbonyl (C=O) groups excluding carboxylic acids is 1. The minimum Gasteiger partial charge on any atom is -0.380 e. The van der Waals surface area contributed by atoms with Crippen LogP contribution in [-0.2, 0) is 11.3 Å². The van der Waals surface area contributed by atoms with Gasteiger partial charge in [-0.3, -0.25) is 9.78 Å². The standard InChI is InChI=1S/C18H20ClN3O2/c1-13-12-22(7-8-24-13)18(23)15-4-2-3-14(9-15)10-21-17-5-6-20-11-16(17)19/h2-6,9,11,13H,7-8,10,12H2,1H3,(H,20,21)/t13-/m1/s1. The lowest BCUT2D eigenvalue weighted by atomic mass is 10.1. The van der Waals surface area contributed by atoms with Gasteiger partial charge in [0.2, 0.25) is 0 Å². The Hall–Kier alpha value is -2.11. The molecule has 1 fully saturated rings. The summed E-state index contributed by atoms with van der Waals surface area (Å²) in [5.74, 6) is 0.0499. The van der Waals surface area contributed by atoms with Crippen molar-refractivity contribution >= 4 is 23.2 Å². The van der Waals surface area contributed by atoms with E-state index >= 15 is 0 Å². The second-order valence-corrected chi connectivity index (χ2v) is 6.25. The quantitative estimate of drug-likeness (QED) is 0.924. The average Bonchev–Trinajstić information content (AvgIpc) is 2.61. The highest BCUT2D eigenvalue weighted by atomic mass is 35.5. The molecule has 1 amide bonds. The van der Waals surface area contributed by atoms with Crippen molar-refractivity contribution in [2.75, 3.05) is 25.0 Å². The Labute approximate surface area is 146 Å². The summed E-state index contributed by atoms with van der Waals surface area (Å²) in [5, 5.41) is 3.84. The number of hydrogen-bond donors (Lipinski definition) is 1. The minimum atomic E-state index is 0.0499. The van der Waals surface area contributed by atoms with Crippen LogP contribution >= 0.6 is 11.6 Å². The number of nitrogens with zero attached hydrogens (tertiary/aromatic N) is 2. The first-order chi connectivity index (χ1) is 11.6. The van der Waals surface area contributed by atoms with Crippen molar-refractivity contribution < 1.29 is 9.53 Å². The summed E-state index contributed by atoms with van der Waals surface area (Å²) in [7, 11) is 0. The van der Waals surface area contributed by atoms with E-state index in [-0.39, 0.29) is 12.0 Å². The summed E-state index contributed by atoms with van der Waals surface area (Å²) in [6, 6.07) is 9.49. The number of carbonyl (C=O) groups is 1. The van der Waals surface area contributed by atoms with Gasteiger partial charge in [0.25, 0.3) is 5.91 Å². The van der Waals surface area contributed by atoms with Crippen LogP contribution in [0.4, 0.5) is 5.69 Å². The fraction of sp³-hybridized carbons (Fsp3) is 0.333. The van der Waals surface area contributed by atoms with E-state index in [1.807, 2.05) is 42.2 Å². The first-order valence-electron chi connectivity index (χ1n) is 7.96. The van der Waals surface area contributed by atoms with Gasteiger partial charge in [-0.1, -0.05) is 23.7 Å². The molecule has 0 saturated carbocycles. The Morgan fingerprint density at radius 1 is 1.46 bits per heavy atom. The van der Waals surface area contributed by atoms with E-state index in [4.69, 9.17) is 16.3 Å². The fourth-order valence-electron chi connectivity index (χ4n) is 2.72. The molecule has 6 heteroatoms. The van der Waals surface area contributed by atoms with Crippen molar-refractivity contribution in [2.45, 2.75) is 19.6 Å². The molecular weight excluding hydrogens is 326 g/mol. The van der Waals surface area contributed by atoms with Gasteiger partial charge in [0.1, 0.15) is 0 Å². The van der Waals surface area contributed by atoms with E-state index in [0.29, 0.717) is 36.8 Å². The van der Waals surface area contributed by atoms with Crippen molar-refractivity contribution in [3.63, 3.8) is 0 Å². The number of rotatable bonds is 4. The van der Waals surface area contributed by atoms with Gasteiger partial charge in [-0.2, -0.15) is 0 Å². The maximum atomic E-state index is 12.6. The van der Waals surface area contributed by atoms with E-state index in [1.54, 1.807) is 12.4 Å². The predicted molar refractivity (Wildman–Crippen MR) is 94.3 cm³/mol. The molecule has 1 aliphatic rings. The fourth-order valence-corrected chi connectivity index (χ4v) is 2.90. The van der Waals surface area contributed by atoms with Crippen LogP contribution in [0, 0.1) is 0 Å². The summed E-state index contributed by atoms with van der Waals surface area (Å²) < 4.78 is 5.50. The zero-order valence-electron chi connectivity index (χ0n) is 13.5. The minimum absolute atomic E-state index is 0.0499. The Morgan fingerprint density at radius 3 is 3.12 bits per heavy atom. The van der Waals surface area contributed by atoms with Gasteiger partial charge in [-0.25, -0.2) is 0 Å². The molecule has 126 valence electrons. The van der Waals surface area contributed by atoms with E-state index < -0.39 is 0 Å². The van der Waals surface area contributed by atoms with Crippen LogP contribution in [0.5, 0.6) is 0 Å². The molecule has 0 spiro atoms. The molecule has 3 rings (SSSR count). The Morgan fingerprint density at radius 2 is 2.33 bits per heavy atom. The molecule has 1 saturated heterocycles. The molecule has 2 heterocycles. The molecule has 1 aromatic carbocycles. The topological polar surface area (TPSA) is 54.5 Å². The lowest BCUT2D eigenvalue weighted by Gasteiger charge is -2.31. The maximum absolute atomic E-state index is 12.6. The molecule has 1 aliphatic heterocycles. The molecule has 24 heavy (non-hydrogen) atoms. The summed E-state index contributed by atoms with van der Waals surface area (Å²) in [6.07, 6.45) is 3.37. The highest BCUT2D eigenvalue weighted by Crippen LogP contribution is 2.20. The second-order valence-electron chi connectivity index (χ2n) is 5.84. The van der Waals surface area contributed by atoms with Crippen molar-refractivity contribution in [2.24, 2.45) is 0 Å². The van der Waals surface area contributed by atoms with E-state index in [2.05, 4.69) is 10.3 Å². The number of aromatic nitrogens is 1. The Balaban J connectivity index is 1.67. The zero-order chi connectivity index (χ0) is 16.9. The van der Waals surface area contributed by atoms with Crippen LogP contribution in [0.3, 0.4) is 0 Å². The molecule has 5 nitrogen and oxygen atoms in total. The third kappa shape index (κ3) is 4.04. The Bertz CT molecular complexity index is 723. The predicted octanol–water partition coefficient (Wildman–Crippen LogP) is 3.21. The maximum Gasteiger partial charge on any atom is 0.254 e. The zero-order valence-corrected chi connectivity index (χ0v) is 14.3.